The number of halogens is 1. The Labute approximate surface area is 143 Å². The second-order valence-electron chi connectivity index (χ2n) is 6.37. The van der Waals surface area contributed by atoms with Gasteiger partial charge in [0.2, 0.25) is 0 Å². The number of rotatable bonds is 6. The molecule has 23 heavy (non-hydrogen) atoms. The first kappa shape index (κ1) is 17.5. The third-order valence-corrected chi connectivity index (χ3v) is 3.83. The van der Waals surface area contributed by atoms with E-state index in [2.05, 4.69) is 32.2 Å². The van der Waals surface area contributed by atoms with E-state index >= 15 is 0 Å². The van der Waals surface area contributed by atoms with Gasteiger partial charge in [0.25, 0.3) is 0 Å². The quantitative estimate of drug-likeness (QED) is 0.743. The van der Waals surface area contributed by atoms with E-state index in [9.17, 15) is 0 Å². The second-order valence-corrected chi connectivity index (χ2v) is 6.78. The summed E-state index contributed by atoms with van der Waals surface area (Å²) in [5, 5.41) is 3.89. The largest absolute Gasteiger partial charge is 0.495 e. The van der Waals surface area contributed by atoms with Gasteiger partial charge in [-0.2, -0.15) is 0 Å². The fourth-order valence-electron chi connectivity index (χ4n) is 2.34. The third-order valence-electron chi connectivity index (χ3n) is 3.54. The van der Waals surface area contributed by atoms with Crippen LogP contribution in [0.4, 0.5) is 5.69 Å². The minimum Gasteiger partial charge on any atom is -0.495 e. The number of nitrogens with one attached hydrogen (secondary N) is 1. The molecule has 0 unspecified atom stereocenters. The van der Waals surface area contributed by atoms with Crippen LogP contribution in [0, 0.1) is 0 Å². The lowest BCUT2D eigenvalue weighted by Gasteiger charge is -2.22. The van der Waals surface area contributed by atoms with Gasteiger partial charge in [0.1, 0.15) is 18.1 Å². The molecule has 0 spiro atoms. The molecule has 2 rings (SSSR count). The molecular weight excluding hydrogens is 310 g/mol. The van der Waals surface area contributed by atoms with Gasteiger partial charge >= 0.3 is 0 Å². The molecule has 0 aromatic heterocycles. The monoisotopic (exact) mass is 333 g/mol. The van der Waals surface area contributed by atoms with Gasteiger partial charge in [-0.25, -0.2) is 0 Å². The molecule has 0 radical (unpaired) electrons. The first-order valence-electron chi connectivity index (χ1n) is 7.71. The van der Waals surface area contributed by atoms with Crippen molar-refractivity contribution in [2.45, 2.75) is 26.2 Å². The molecule has 0 atom stereocenters. The average Bonchev–Trinajstić information content (AvgIpc) is 2.51. The zero-order chi connectivity index (χ0) is 16.9. The number of methoxy groups -OCH3 is 1. The Hall–Kier alpha value is -1.87. The van der Waals surface area contributed by atoms with Crippen LogP contribution in [-0.4, -0.2) is 20.3 Å². The Morgan fingerprint density at radius 3 is 2.43 bits per heavy atom. The topological polar surface area (TPSA) is 30.5 Å². The van der Waals surface area contributed by atoms with E-state index in [-0.39, 0.29) is 5.41 Å². The van der Waals surface area contributed by atoms with Gasteiger partial charge in [-0.15, -0.1) is 0 Å². The number of hydrogen-bond acceptors (Lipinski definition) is 3. The summed E-state index contributed by atoms with van der Waals surface area (Å²) in [6, 6.07) is 13.8. The molecule has 4 heteroatoms. The number of ether oxygens (including phenoxy) is 2. The van der Waals surface area contributed by atoms with Crippen LogP contribution in [0.2, 0.25) is 5.02 Å². The molecule has 0 fully saturated rings. The molecule has 2 aromatic carbocycles. The summed E-state index contributed by atoms with van der Waals surface area (Å²) in [4.78, 5) is 0. The maximum atomic E-state index is 6.11. The molecule has 0 aliphatic rings. The summed E-state index contributed by atoms with van der Waals surface area (Å²) in [7, 11) is 1.61. The van der Waals surface area contributed by atoms with Crippen molar-refractivity contribution in [1.82, 2.24) is 0 Å². The van der Waals surface area contributed by atoms with E-state index in [1.165, 1.54) is 5.56 Å². The molecule has 124 valence electrons. The molecule has 3 nitrogen and oxygen atoms in total. The first-order chi connectivity index (χ1) is 10.9. The summed E-state index contributed by atoms with van der Waals surface area (Å²) in [6.07, 6.45) is 0. The summed E-state index contributed by atoms with van der Waals surface area (Å²) in [6.45, 7) is 7.84. The first-order valence-corrected chi connectivity index (χ1v) is 8.09. The summed E-state index contributed by atoms with van der Waals surface area (Å²) < 4.78 is 11.1. The highest BCUT2D eigenvalue weighted by Crippen LogP contribution is 2.31. The van der Waals surface area contributed by atoms with Crippen molar-refractivity contribution < 1.29 is 9.47 Å². The predicted molar refractivity (Wildman–Crippen MR) is 97.1 cm³/mol. The Bertz CT molecular complexity index is 650. The van der Waals surface area contributed by atoms with E-state index in [0.717, 1.165) is 11.4 Å². The molecule has 0 saturated heterocycles. The lowest BCUT2D eigenvalue weighted by Crippen LogP contribution is -2.16. The highest BCUT2D eigenvalue weighted by atomic mass is 35.5. The fraction of sp³-hybridized carbons (Fsp3) is 0.368. The van der Waals surface area contributed by atoms with Crippen LogP contribution in [0.1, 0.15) is 26.3 Å². The summed E-state index contributed by atoms with van der Waals surface area (Å²) in [5.41, 5.74) is 2.23. The Morgan fingerprint density at radius 1 is 1.04 bits per heavy atom. The molecular formula is C19H24ClNO2. The highest BCUT2D eigenvalue weighted by molar-refractivity contribution is 6.32. The molecule has 2 aromatic rings. The van der Waals surface area contributed by atoms with Crippen molar-refractivity contribution in [3.63, 3.8) is 0 Å². The van der Waals surface area contributed by atoms with Gasteiger partial charge in [-0.3, -0.25) is 0 Å². The molecule has 0 heterocycles. The van der Waals surface area contributed by atoms with Crippen LogP contribution in [0.25, 0.3) is 0 Å². The van der Waals surface area contributed by atoms with Crippen LogP contribution < -0.4 is 14.8 Å². The Kier molecular flexibility index (Phi) is 5.78. The van der Waals surface area contributed by atoms with E-state index < -0.39 is 0 Å². The standard InChI is InChI=1S/C19H24ClNO2/c1-19(2,3)15-7-5-6-8-17(15)23-12-11-21-14-9-10-18(22-4)16(20)13-14/h5-10,13,21H,11-12H2,1-4H3. The number of benzene rings is 2. The van der Waals surface area contributed by atoms with Gasteiger partial charge in [-0.05, 0) is 35.2 Å². The van der Waals surface area contributed by atoms with E-state index in [4.69, 9.17) is 21.1 Å². The van der Waals surface area contributed by atoms with Crippen molar-refractivity contribution in [2.24, 2.45) is 0 Å². The van der Waals surface area contributed by atoms with Crippen molar-refractivity contribution in [3.05, 3.63) is 53.1 Å². The van der Waals surface area contributed by atoms with Crippen molar-refractivity contribution in [2.75, 3.05) is 25.6 Å². The molecule has 0 aliphatic carbocycles. The van der Waals surface area contributed by atoms with Gasteiger partial charge in [-0.1, -0.05) is 50.6 Å². The molecule has 1 N–H and O–H groups in total. The zero-order valence-electron chi connectivity index (χ0n) is 14.2. The van der Waals surface area contributed by atoms with Gasteiger partial charge < -0.3 is 14.8 Å². The van der Waals surface area contributed by atoms with Crippen molar-refractivity contribution in [3.8, 4) is 11.5 Å². The number of anilines is 1. The third kappa shape index (κ3) is 4.80. The lowest BCUT2D eigenvalue weighted by molar-refractivity contribution is 0.323. The minimum atomic E-state index is 0.0630. The Balaban J connectivity index is 1.90. The van der Waals surface area contributed by atoms with Crippen LogP contribution >= 0.6 is 11.6 Å². The van der Waals surface area contributed by atoms with Gasteiger partial charge in [0.05, 0.1) is 12.1 Å². The maximum absolute atomic E-state index is 6.11. The highest BCUT2D eigenvalue weighted by Gasteiger charge is 2.18. The van der Waals surface area contributed by atoms with Crippen LogP contribution in [0.3, 0.4) is 0 Å². The minimum absolute atomic E-state index is 0.0630. The number of para-hydroxylation sites is 1. The fourth-order valence-corrected chi connectivity index (χ4v) is 2.60. The Morgan fingerprint density at radius 2 is 1.78 bits per heavy atom. The smallest absolute Gasteiger partial charge is 0.137 e. The van der Waals surface area contributed by atoms with E-state index in [1.54, 1.807) is 7.11 Å². The van der Waals surface area contributed by atoms with Crippen LogP contribution in [-0.2, 0) is 5.41 Å². The lowest BCUT2D eigenvalue weighted by atomic mass is 9.86. The number of hydrogen-bond donors (Lipinski definition) is 1. The summed E-state index contributed by atoms with van der Waals surface area (Å²) >= 11 is 6.11. The van der Waals surface area contributed by atoms with E-state index in [0.29, 0.717) is 23.9 Å². The molecule has 0 saturated carbocycles. The van der Waals surface area contributed by atoms with Crippen molar-refractivity contribution >= 4 is 17.3 Å². The second kappa shape index (κ2) is 7.60. The summed E-state index contributed by atoms with van der Waals surface area (Å²) in [5.74, 6) is 1.61. The SMILES string of the molecule is COc1ccc(NCCOc2ccccc2C(C)(C)C)cc1Cl. The predicted octanol–water partition coefficient (Wildman–Crippen LogP) is 5.14. The van der Waals surface area contributed by atoms with Crippen LogP contribution in [0.15, 0.2) is 42.5 Å². The van der Waals surface area contributed by atoms with Gasteiger partial charge in [0, 0.05) is 12.2 Å². The van der Waals surface area contributed by atoms with Crippen LogP contribution in [0.5, 0.6) is 11.5 Å². The van der Waals surface area contributed by atoms with Gasteiger partial charge in [0.15, 0.2) is 0 Å². The molecule has 0 aliphatic heterocycles. The zero-order valence-corrected chi connectivity index (χ0v) is 14.9. The van der Waals surface area contributed by atoms with Crippen molar-refractivity contribution in [1.29, 1.82) is 0 Å². The maximum Gasteiger partial charge on any atom is 0.137 e. The normalized spacial score (nSPS) is 11.2. The molecule has 0 bridgehead atoms. The molecule has 0 amide bonds. The van der Waals surface area contributed by atoms with E-state index in [1.807, 2.05) is 36.4 Å². The average molecular weight is 334 g/mol.